The summed E-state index contributed by atoms with van der Waals surface area (Å²) < 4.78 is 10.7. The molecule has 2 rings (SSSR count). The average molecular weight is 329 g/mol. The number of rotatable bonds is 7. The van der Waals surface area contributed by atoms with Gasteiger partial charge in [-0.05, 0) is 29.8 Å². The quantitative estimate of drug-likeness (QED) is 0.844. The van der Waals surface area contributed by atoms with Gasteiger partial charge in [-0.3, -0.25) is 4.79 Å². The van der Waals surface area contributed by atoms with Crippen molar-refractivity contribution in [3.05, 3.63) is 59.7 Å². The van der Waals surface area contributed by atoms with Crippen molar-refractivity contribution in [1.82, 2.24) is 4.90 Å². The third-order valence-electron chi connectivity index (χ3n) is 3.47. The van der Waals surface area contributed by atoms with Crippen LogP contribution in [0.15, 0.2) is 48.5 Å². The Kier molecular flexibility index (Phi) is 5.78. The first-order valence-electron chi connectivity index (χ1n) is 7.33. The summed E-state index contributed by atoms with van der Waals surface area (Å²) in [5.74, 6) is -0.0934. The number of likely N-dealkylation sites (N-methyl/N-ethyl adjacent to an activating group) is 1. The maximum atomic E-state index is 12.2. The van der Waals surface area contributed by atoms with Gasteiger partial charge in [-0.15, -0.1) is 0 Å². The first-order chi connectivity index (χ1) is 11.5. The number of carbonyl (C=O) groups is 2. The van der Waals surface area contributed by atoms with Crippen LogP contribution in [0.25, 0.3) is 0 Å². The predicted molar refractivity (Wildman–Crippen MR) is 88.4 cm³/mol. The molecule has 0 fully saturated rings. The van der Waals surface area contributed by atoms with Crippen molar-refractivity contribution in [2.24, 2.45) is 0 Å². The lowest BCUT2D eigenvalue weighted by atomic mass is 10.1. The van der Waals surface area contributed by atoms with Gasteiger partial charge in [-0.1, -0.05) is 24.3 Å². The number of hydrogen-bond acceptors (Lipinski definition) is 4. The van der Waals surface area contributed by atoms with Crippen LogP contribution in [-0.4, -0.2) is 42.6 Å². The predicted octanol–water partition coefficient (Wildman–Crippen LogP) is 2.43. The Morgan fingerprint density at radius 1 is 1.04 bits per heavy atom. The second kappa shape index (κ2) is 8.01. The highest BCUT2D eigenvalue weighted by atomic mass is 16.5. The van der Waals surface area contributed by atoms with Crippen molar-refractivity contribution >= 4 is 11.9 Å². The van der Waals surface area contributed by atoms with E-state index in [1.165, 1.54) is 24.1 Å². The number of methoxy groups -OCH3 is 1. The van der Waals surface area contributed by atoms with Crippen LogP contribution in [0.4, 0.5) is 0 Å². The first-order valence-corrected chi connectivity index (χ1v) is 7.33. The Morgan fingerprint density at radius 2 is 1.67 bits per heavy atom. The molecule has 1 amide bonds. The molecule has 0 aliphatic carbocycles. The number of hydrogen-bond donors (Lipinski definition) is 1. The molecule has 24 heavy (non-hydrogen) atoms. The van der Waals surface area contributed by atoms with Gasteiger partial charge in [0.2, 0.25) is 0 Å². The highest BCUT2D eigenvalue weighted by Crippen LogP contribution is 2.25. The topological polar surface area (TPSA) is 76.1 Å². The molecule has 6 heteroatoms. The Bertz CT molecular complexity index is 712. The van der Waals surface area contributed by atoms with Gasteiger partial charge >= 0.3 is 5.97 Å². The summed E-state index contributed by atoms with van der Waals surface area (Å²) in [7, 11) is 3.20. The van der Waals surface area contributed by atoms with Crippen molar-refractivity contribution in [2.45, 2.75) is 6.54 Å². The second-order valence-electron chi connectivity index (χ2n) is 5.19. The molecule has 0 aliphatic heterocycles. The molecule has 0 bridgehead atoms. The van der Waals surface area contributed by atoms with Gasteiger partial charge in [0.25, 0.3) is 5.91 Å². The number of carbonyl (C=O) groups excluding carboxylic acids is 1. The number of carboxylic acids is 1. The minimum Gasteiger partial charge on any atom is -0.493 e. The normalized spacial score (nSPS) is 10.1. The minimum absolute atomic E-state index is 0.107. The molecule has 6 nitrogen and oxygen atoms in total. The second-order valence-corrected chi connectivity index (χ2v) is 5.19. The van der Waals surface area contributed by atoms with Crippen molar-refractivity contribution in [2.75, 3.05) is 20.8 Å². The number of aromatic carboxylic acids is 1. The molecule has 1 N–H and O–H groups in total. The van der Waals surface area contributed by atoms with Crippen molar-refractivity contribution in [3.63, 3.8) is 0 Å². The lowest BCUT2D eigenvalue weighted by Crippen LogP contribution is -2.31. The van der Waals surface area contributed by atoms with Crippen LogP contribution in [0.3, 0.4) is 0 Å². The first kappa shape index (κ1) is 17.3. The maximum absolute atomic E-state index is 12.2. The molecular weight excluding hydrogens is 310 g/mol. The summed E-state index contributed by atoms with van der Waals surface area (Å²) in [4.78, 5) is 24.5. The monoisotopic (exact) mass is 329 g/mol. The van der Waals surface area contributed by atoms with Gasteiger partial charge in [-0.2, -0.15) is 0 Å². The Labute approximate surface area is 140 Å². The van der Waals surface area contributed by atoms with E-state index in [1.54, 1.807) is 37.4 Å². The van der Waals surface area contributed by atoms with Crippen molar-refractivity contribution in [3.8, 4) is 11.5 Å². The molecule has 0 saturated heterocycles. The zero-order valence-electron chi connectivity index (χ0n) is 13.6. The van der Waals surface area contributed by atoms with Gasteiger partial charge in [0.05, 0.1) is 12.7 Å². The number of para-hydroxylation sites is 2. The van der Waals surface area contributed by atoms with Gasteiger partial charge in [0, 0.05) is 13.6 Å². The molecule has 0 spiro atoms. The van der Waals surface area contributed by atoms with E-state index in [2.05, 4.69) is 0 Å². The van der Waals surface area contributed by atoms with Crippen molar-refractivity contribution < 1.29 is 24.2 Å². The molecule has 0 heterocycles. The number of amides is 1. The Hall–Kier alpha value is -3.02. The molecule has 2 aromatic rings. The zero-order valence-corrected chi connectivity index (χ0v) is 13.6. The molecule has 0 aliphatic rings. The Balaban J connectivity index is 1.91. The lowest BCUT2D eigenvalue weighted by molar-refractivity contribution is -0.132. The molecule has 126 valence electrons. The minimum atomic E-state index is -0.976. The van der Waals surface area contributed by atoms with Crippen LogP contribution in [0.2, 0.25) is 0 Å². The van der Waals surface area contributed by atoms with Gasteiger partial charge in [-0.25, -0.2) is 4.79 Å². The summed E-state index contributed by atoms with van der Waals surface area (Å²) >= 11 is 0. The molecular formula is C18H19NO5. The van der Waals surface area contributed by atoms with E-state index >= 15 is 0 Å². The third kappa shape index (κ3) is 4.49. The Morgan fingerprint density at radius 3 is 2.25 bits per heavy atom. The van der Waals surface area contributed by atoms with Crippen LogP contribution in [0, 0.1) is 0 Å². The zero-order chi connectivity index (χ0) is 17.5. The summed E-state index contributed by atoms with van der Waals surface area (Å²) in [6.07, 6.45) is 0. The third-order valence-corrected chi connectivity index (χ3v) is 3.47. The van der Waals surface area contributed by atoms with Crippen LogP contribution < -0.4 is 9.47 Å². The van der Waals surface area contributed by atoms with Crippen LogP contribution in [-0.2, 0) is 11.3 Å². The van der Waals surface area contributed by atoms with E-state index in [9.17, 15) is 9.59 Å². The van der Waals surface area contributed by atoms with Crippen LogP contribution >= 0.6 is 0 Å². The van der Waals surface area contributed by atoms with E-state index in [0.29, 0.717) is 18.0 Å². The van der Waals surface area contributed by atoms with E-state index in [0.717, 1.165) is 5.56 Å². The smallest absolute Gasteiger partial charge is 0.335 e. The molecule has 0 radical (unpaired) electrons. The fourth-order valence-corrected chi connectivity index (χ4v) is 2.10. The summed E-state index contributed by atoms with van der Waals surface area (Å²) in [5, 5.41) is 8.88. The molecule has 0 aromatic heterocycles. The van der Waals surface area contributed by atoms with Crippen LogP contribution in [0.5, 0.6) is 11.5 Å². The fraction of sp³-hybridized carbons (Fsp3) is 0.222. The standard InChI is InChI=1S/C18H19NO5/c1-19(11-13-7-9-14(10-8-13)18(21)22)17(20)12-24-16-6-4-3-5-15(16)23-2/h3-10H,11-12H2,1-2H3,(H,21,22). The number of nitrogens with zero attached hydrogens (tertiary/aromatic N) is 1. The van der Waals surface area contributed by atoms with Gasteiger partial charge in [0.15, 0.2) is 18.1 Å². The van der Waals surface area contributed by atoms with Gasteiger partial charge < -0.3 is 19.5 Å². The van der Waals surface area contributed by atoms with Crippen LogP contribution in [0.1, 0.15) is 15.9 Å². The summed E-state index contributed by atoms with van der Waals surface area (Å²) in [6.45, 7) is 0.262. The average Bonchev–Trinajstić information content (AvgIpc) is 2.60. The summed E-state index contributed by atoms with van der Waals surface area (Å²) in [5.41, 5.74) is 1.06. The molecule has 0 saturated carbocycles. The lowest BCUT2D eigenvalue weighted by Gasteiger charge is -2.18. The number of benzene rings is 2. The van der Waals surface area contributed by atoms with Gasteiger partial charge in [0.1, 0.15) is 0 Å². The van der Waals surface area contributed by atoms with E-state index in [-0.39, 0.29) is 18.1 Å². The van der Waals surface area contributed by atoms with E-state index < -0.39 is 5.97 Å². The number of carboxylic acid groups (broad SMARTS) is 1. The SMILES string of the molecule is COc1ccccc1OCC(=O)N(C)Cc1ccc(C(=O)O)cc1. The fourth-order valence-electron chi connectivity index (χ4n) is 2.10. The van der Waals surface area contributed by atoms with E-state index in [1.807, 2.05) is 6.07 Å². The molecule has 0 atom stereocenters. The van der Waals surface area contributed by atoms with Crippen molar-refractivity contribution in [1.29, 1.82) is 0 Å². The summed E-state index contributed by atoms with van der Waals surface area (Å²) in [6, 6.07) is 13.5. The molecule has 2 aromatic carbocycles. The van der Waals surface area contributed by atoms with E-state index in [4.69, 9.17) is 14.6 Å². The highest BCUT2D eigenvalue weighted by molar-refractivity contribution is 5.87. The number of ether oxygens (including phenoxy) is 2. The largest absolute Gasteiger partial charge is 0.493 e. The highest BCUT2D eigenvalue weighted by Gasteiger charge is 2.12. The molecule has 0 unspecified atom stereocenters. The maximum Gasteiger partial charge on any atom is 0.335 e.